The Balaban J connectivity index is 2.73. The molecule has 110 valence electrons. The molecule has 20 heavy (non-hydrogen) atoms. The highest BCUT2D eigenvalue weighted by molar-refractivity contribution is 5.98. The van der Waals surface area contributed by atoms with Gasteiger partial charge in [0.2, 0.25) is 0 Å². The van der Waals surface area contributed by atoms with E-state index in [9.17, 15) is 9.59 Å². The van der Waals surface area contributed by atoms with Gasteiger partial charge < -0.3 is 19.3 Å². The molecule has 6 heteroatoms. The Morgan fingerprint density at radius 3 is 2.05 bits per heavy atom. The zero-order chi connectivity index (χ0) is 15.2. The van der Waals surface area contributed by atoms with Gasteiger partial charge in [0.25, 0.3) is 0 Å². The molecule has 1 atom stereocenters. The van der Waals surface area contributed by atoms with Gasteiger partial charge in [-0.1, -0.05) is 0 Å². The van der Waals surface area contributed by atoms with E-state index in [0.717, 1.165) is 7.11 Å². The summed E-state index contributed by atoms with van der Waals surface area (Å²) in [5, 5.41) is 9.13. The van der Waals surface area contributed by atoms with Crippen LogP contribution in [0.2, 0.25) is 0 Å². The maximum Gasteiger partial charge on any atom is 0.326 e. The summed E-state index contributed by atoms with van der Waals surface area (Å²) in [5.41, 5.74) is -1.74. The van der Waals surface area contributed by atoms with E-state index in [0.29, 0.717) is 18.1 Å². The first-order valence-electron chi connectivity index (χ1n) is 6.11. The number of hydrogen-bond acceptors (Lipinski definition) is 5. The molecule has 0 saturated carbocycles. The Kier molecular flexibility index (Phi) is 5.37. The Morgan fingerprint density at radius 1 is 1.15 bits per heavy atom. The average molecular weight is 282 g/mol. The van der Waals surface area contributed by atoms with E-state index in [2.05, 4.69) is 4.74 Å². The van der Waals surface area contributed by atoms with Crippen LogP contribution in [0.5, 0.6) is 11.5 Å². The fraction of sp³-hybridized carbons (Fsp3) is 0.429. The highest BCUT2D eigenvalue weighted by Crippen LogP contribution is 2.23. The van der Waals surface area contributed by atoms with E-state index < -0.39 is 17.4 Å². The lowest BCUT2D eigenvalue weighted by molar-refractivity contribution is -0.167. The quantitative estimate of drug-likeness (QED) is 0.606. The lowest BCUT2D eigenvalue weighted by atomic mass is 9.92. The van der Waals surface area contributed by atoms with Crippen molar-refractivity contribution in [2.24, 2.45) is 5.41 Å². The van der Waals surface area contributed by atoms with Crippen molar-refractivity contribution in [1.29, 1.82) is 0 Å². The minimum Gasteiger partial charge on any atom is -0.494 e. The molecule has 1 unspecified atom stereocenters. The van der Waals surface area contributed by atoms with Gasteiger partial charge in [0.1, 0.15) is 18.1 Å². The lowest BCUT2D eigenvalue weighted by Crippen LogP contribution is -2.42. The zero-order valence-corrected chi connectivity index (χ0v) is 11.7. The van der Waals surface area contributed by atoms with Crippen LogP contribution in [0.25, 0.3) is 0 Å². The number of esters is 1. The number of aliphatic carboxylic acids is 1. The summed E-state index contributed by atoms with van der Waals surface area (Å²) in [6.07, 6.45) is 0. The van der Waals surface area contributed by atoms with Gasteiger partial charge in [-0.2, -0.15) is 0 Å². The van der Waals surface area contributed by atoms with Crippen molar-refractivity contribution in [2.75, 3.05) is 20.3 Å². The molecule has 0 aliphatic heterocycles. The monoisotopic (exact) mass is 282 g/mol. The molecular weight excluding hydrogens is 264 g/mol. The number of benzene rings is 1. The molecule has 1 aromatic rings. The third-order valence-electron chi connectivity index (χ3n) is 2.77. The van der Waals surface area contributed by atoms with E-state index in [-0.39, 0.29) is 6.61 Å². The number of carboxylic acid groups (broad SMARTS) is 1. The second-order valence-corrected chi connectivity index (χ2v) is 4.32. The molecule has 1 rings (SSSR count). The molecule has 0 spiro atoms. The Hall–Kier alpha value is -2.24. The molecule has 0 fully saturated rings. The third kappa shape index (κ3) is 3.63. The minimum atomic E-state index is -1.74. The predicted molar refractivity (Wildman–Crippen MR) is 70.9 cm³/mol. The zero-order valence-electron chi connectivity index (χ0n) is 11.7. The van der Waals surface area contributed by atoms with Crippen molar-refractivity contribution in [3.63, 3.8) is 0 Å². The molecule has 0 aliphatic carbocycles. The number of ether oxygens (including phenoxy) is 3. The number of carbonyl (C=O) groups excluding carboxylic acids is 1. The highest BCUT2D eigenvalue weighted by Gasteiger charge is 2.43. The van der Waals surface area contributed by atoms with Crippen molar-refractivity contribution in [2.45, 2.75) is 13.8 Å². The first kappa shape index (κ1) is 15.8. The fourth-order valence-electron chi connectivity index (χ4n) is 1.46. The Bertz CT molecular complexity index is 467. The molecule has 0 radical (unpaired) electrons. The van der Waals surface area contributed by atoms with E-state index in [1.807, 2.05) is 6.92 Å². The summed E-state index contributed by atoms with van der Waals surface area (Å²) in [6.45, 7) is 3.37. The summed E-state index contributed by atoms with van der Waals surface area (Å²) in [6, 6.07) is 6.69. The van der Waals surface area contributed by atoms with Crippen molar-refractivity contribution < 1.29 is 28.9 Å². The molecule has 0 amide bonds. The summed E-state index contributed by atoms with van der Waals surface area (Å²) in [4.78, 5) is 22.7. The topological polar surface area (TPSA) is 82.1 Å². The SMILES string of the molecule is CCOc1ccc(OCC(C)(C(=O)O)C(=O)OC)cc1. The summed E-state index contributed by atoms with van der Waals surface area (Å²) >= 11 is 0. The fourth-order valence-corrected chi connectivity index (χ4v) is 1.46. The molecule has 1 aromatic carbocycles. The van der Waals surface area contributed by atoms with Crippen LogP contribution in [-0.4, -0.2) is 37.4 Å². The number of rotatable bonds is 7. The van der Waals surface area contributed by atoms with Crippen molar-refractivity contribution in [3.8, 4) is 11.5 Å². The predicted octanol–water partition coefficient (Wildman–Crippen LogP) is 1.73. The van der Waals surface area contributed by atoms with Gasteiger partial charge in [0.05, 0.1) is 13.7 Å². The number of carboxylic acids is 1. The molecule has 0 saturated heterocycles. The smallest absolute Gasteiger partial charge is 0.326 e. The van der Waals surface area contributed by atoms with E-state index in [4.69, 9.17) is 14.6 Å². The van der Waals surface area contributed by atoms with Crippen LogP contribution in [0.3, 0.4) is 0 Å². The Morgan fingerprint density at radius 2 is 1.65 bits per heavy atom. The number of hydrogen-bond donors (Lipinski definition) is 1. The van der Waals surface area contributed by atoms with Crippen LogP contribution in [-0.2, 0) is 14.3 Å². The number of carbonyl (C=O) groups is 2. The van der Waals surface area contributed by atoms with Gasteiger partial charge in [0.15, 0.2) is 5.41 Å². The largest absolute Gasteiger partial charge is 0.494 e. The summed E-state index contributed by atoms with van der Waals surface area (Å²) in [7, 11) is 1.14. The summed E-state index contributed by atoms with van der Waals surface area (Å²) in [5.74, 6) is -1.01. The van der Waals surface area contributed by atoms with Crippen LogP contribution in [0, 0.1) is 5.41 Å². The van der Waals surface area contributed by atoms with Crippen molar-refractivity contribution >= 4 is 11.9 Å². The van der Waals surface area contributed by atoms with Crippen LogP contribution in [0.15, 0.2) is 24.3 Å². The van der Waals surface area contributed by atoms with Gasteiger partial charge in [-0.15, -0.1) is 0 Å². The molecule has 1 N–H and O–H groups in total. The number of methoxy groups -OCH3 is 1. The maximum atomic E-state index is 11.5. The van der Waals surface area contributed by atoms with E-state index >= 15 is 0 Å². The van der Waals surface area contributed by atoms with Crippen molar-refractivity contribution in [3.05, 3.63) is 24.3 Å². The first-order chi connectivity index (χ1) is 9.43. The molecule has 6 nitrogen and oxygen atoms in total. The average Bonchev–Trinajstić information content (AvgIpc) is 2.45. The lowest BCUT2D eigenvalue weighted by Gasteiger charge is -2.21. The maximum absolute atomic E-state index is 11.5. The van der Waals surface area contributed by atoms with E-state index in [1.165, 1.54) is 6.92 Å². The second kappa shape index (κ2) is 6.79. The van der Waals surface area contributed by atoms with Gasteiger partial charge in [0, 0.05) is 0 Å². The van der Waals surface area contributed by atoms with Crippen LogP contribution >= 0.6 is 0 Å². The van der Waals surface area contributed by atoms with Crippen molar-refractivity contribution in [1.82, 2.24) is 0 Å². The summed E-state index contributed by atoms with van der Waals surface area (Å²) < 4.78 is 15.1. The molecule has 0 bridgehead atoms. The van der Waals surface area contributed by atoms with Gasteiger partial charge in [-0.25, -0.2) is 0 Å². The highest BCUT2D eigenvalue weighted by atomic mass is 16.5. The van der Waals surface area contributed by atoms with Gasteiger partial charge in [-0.3, -0.25) is 9.59 Å². The van der Waals surface area contributed by atoms with Gasteiger partial charge >= 0.3 is 11.9 Å². The van der Waals surface area contributed by atoms with Crippen LogP contribution < -0.4 is 9.47 Å². The van der Waals surface area contributed by atoms with Crippen LogP contribution in [0.1, 0.15) is 13.8 Å². The molecular formula is C14H18O6. The molecule has 0 heterocycles. The van der Waals surface area contributed by atoms with E-state index in [1.54, 1.807) is 24.3 Å². The minimum absolute atomic E-state index is 0.316. The standard InChI is InChI=1S/C14H18O6/c1-4-19-10-5-7-11(8-6-10)20-9-14(2,12(15)16)13(17)18-3/h5-8H,4,9H2,1-3H3,(H,15,16). The first-order valence-corrected chi connectivity index (χ1v) is 6.11. The third-order valence-corrected chi connectivity index (χ3v) is 2.77. The Labute approximate surface area is 117 Å². The van der Waals surface area contributed by atoms with Gasteiger partial charge in [-0.05, 0) is 38.1 Å². The second-order valence-electron chi connectivity index (χ2n) is 4.32. The normalized spacial score (nSPS) is 13.2. The van der Waals surface area contributed by atoms with Crippen LogP contribution in [0.4, 0.5) is 0 Å². The molecule has 0 aromatic heterocycles. The molecule has 0 aliphatic rings.